The lowest BCUT2D eigenvalue weighted by Gasteiger charge is -2.19. The third-order valence-electron chi connectivity index (χ3n) is 3.85. The fraction of sp³-hybridized carbons (Fsp3) is 0.529. The maximum absolute atomic E-state index is 5.92. The summed E-state index contributed by atoms with van der Waals surface area (Å²) in [6, 6.07) is 6.97. The predicted molar refractivity (Wildman–Crippen MR) is 82.3 cm³/mol. The van der Waals surface area contributed by atoms with Gasteiger partial charge in [0, 0.05) is 12.6 Å². The Balaban J connectivity index is 1.91. The van der Waals surface area contributed by atoms with Gasteiger partial charge in [0.05, 0.1) is 0 Å². The van der Waals surface area contributed by atoms with Gasteiger partial charge in [-0.15, -0.1) is 0 Å². The molecule has 0 bridgehead atoms. The van der Waals surface area contributed by atoms with Gasteiger partial charge in [-0.1, -0.05) is 41.0 Å². The van der Waals surface area contributed by atoms with E-state index in [2.05, 4.69) is 43.4 Å². The van der Waals surface area contributed by atoms with E-state index >= 15 is 0 Å². The fourth-order valence-corrected chi connectivity index (χ4v) is 2.92. The molecule has 0 saturated carbocycles. The minimum atomic E-state index is 0.278. The maximum Gasteiger partial charge on any atom is 0.0444 e. The highest BCUT2D eigenvalue weighted by Gasteiger charge is 2.10. The Kier molecular flexibility index (Phi) is 5.17. The third-order valence-corrected chi connectivity index (χ3v) is 3.85. The number of aryl methyl sites for hydroxylation is 2. The number of benzene rings is 1. The first-order valence-electron chi connectivity index (χ1n) is 7.38. The second-order valence-electron chi connectivity index (χ2n) is 5.67. The molecule has 0 amide bonds. The van der Waals surface area contributed by atoms with E-state index in [-0.39, 0.29) is 6.04 Å². The highest BCUT2D eigenvalue weighted by molar-refractivity contribution is 5.30. The molecule has 104 valence electrons. The third kappa shape index (κ3) is 4.19. The molecule has 3 N–H and O–H groups in total. The Labute approximate surface area is 117 Å². The molecule has 1 unspecified atom stereocenters. The van der Waals surface area contributed by atoms with Crippen LogP contribution in [0.5, 0.6) is 0 Å². The lowest BCUT2D eigenvalue weighted by atomic mass is 10.0. The zero-order valence-electron chi connectivity index (χ0n) is 12.2. The summed E-state index contributed by atoms with van der Waals surface area (Å²) in [6.45, 7) is 5.98. The number of hydrogen-bond donors (Lipinski definition) is 2. The summed E-state index contributed by atoms with van der Waals surface area (Å²) in [4.78, 5) is 0. The van der Waals surface area contributed by atoms with Crippen LogP contribution in [0, 0.1) is 13.8 Å². The largest absolute Gasteiger partial charge is 0.329 e. The smallest absolute Gasteiger partial charge is 0.0444 e. The van der Waals surface area contributed by atoms with Crippen LogP contribution < -0.4 is 11.1 Å². The molecule has 0 heterocycles. The summed E-state index contributed by atoms with van der Waals surface area (Å²) in [5.41, 5.74) is 11.5. The van der Waals surface area contributed by atoms with Crippen LogP contribution in [-0.2, 0) is 0 Å². The van der Waals surface area contributed by atoms with E-state index in [1.807, 2.05) is 0 Å². The van der Waals surface area contributed by atoms with Gasteiger partial charge in [-0.05, 0) is 51.6 Å². The van der Waals surface area contributed by atoms with Crippen molar-refractivity contribution in [2.75, 3.05) is 13.1 Å². The Bertz CT molecular complexity index is 428. The highest BCUT2D eigenvalue weighted by atomic mass is 14.9. The van der Waals surface area contributed by atoms with Gasteiger partial charge in [0.25, 0.3) is 0 Å². The van der Waals surface area contributed by atoms with Gasteiger partial charge in [-0.3, -0.25) is 0 Å². The van der Waals surface area contributed by atoms with Crippen LogP contribution in [0.3, 0.4) is 0 Å². The molecule has 0 aliphatic heterocycles. The summed E-state index contributed by atoms with van der Waals surface area (Å²) < 4.78 is 0. The standard InChI is InChI=1S/C17H26N2/c1-13-9-14(2)11-16(10-13)17(12-18)19-8-7-15-5-3-4-6-15/h5,9-11,17,19H,3-4,6-8,12,18H2,1-2H3. The topological polar surface area (TPSA) is 38.0 Å². The second kappa shape index (κ2) is 6.88. The molecule has 0 saturated heterocycles. The van der Waals surface area contributed by atoms with Crippen molar-refractivity contribution in [3.63, 3.8) is 0 Å². The number of rotatable bonds is 6. The fourth-order valence-electron chi connectivity index (χ4n) is 2.92. The van der Waals surface area contributed by atoms with Crippen molar-refractivity contribution in [3.8, 4) is 0 Å². The average Bonchev–Trinajstić information content (AvgIpc) is 2.86. The molecule has 19 heavy (non-hydrogen) atoms. The van der Waals surface area contributed by atoms with Crippen molar-refractivity contribution in [2.45, 2.75) is 45.6 Å². The molecule has 2 rings (SSSR count). The molecular formula is C17H26N2. The quantitative estimate of drug-likeness (QED) is 0.768. The van der Waals surface area contributed by atoms with E-state index in [9.17, 15) is 0 Å². The van der Waals surface area contributed by atoms with Crippen molar-refractivity contribution in [3.05, 3.63) is 46.5 Å². The molecule has 1 aliphatic carbocycles. The molecule has 1 aromatic carbocycles. The predicted octanol–water partition coefficient (Wildman–Crippen LogP) is 3.39. The zero-order valence-corrected chi connectivity index (χ0v) is 12.2. The molecule has 0 spiro atoms. The van der Waals surface area contributed by atoms with Crippen LogP contribution in [0.15, 0.2) is 29.8 Å². The average molecular weight is 258 g/mol. The van der Waals surface area contributed by atoms with Gasteiger partial charge in [-0.2, -0.15) is 0 Å². The van der Waals surface area contributed by atoms with E-state index in [1.165, 1.54) is 42.4 Å². The van der Waals surface area contributed by atoms with Crippen LogP contribution in [0.25, 0.3) is 0 Å². The number of allylic oxidation sites excluding steroid dienone is 1. The van der Waals surface area contributed by atoms with Crippen molar-refractivity contribution in [1.82, 2.24) is 5.32 Å². The SMILES string of the molecule is Cc1cc(C)cc(C(CN)NCCC2=CCCC2)c1. The molecule has 1 aliphatic rings. The number of nitrogens with one attached hydrogen (secondary N) is 1. The Hall–Kier alpha value is -1.12. The van der Waals surface area contributed by atoms with Gasteiger partial charge >= 0.3 is 0 Å². The van der Waals surface area contributed by atoms with Crippen molar-refractivity contribution in [2.24, 2.45) is 5.73 Å². The molecule has 2 nitrogen and oxygen atoms in total. The van der Waals surface area contributed by atoms with E-state index in [0.29, 0.717) is 6.54 Å². The summed E-state index contributed by atoms with van der Waals surface area (Å²) in [6.07, 6.45) is 7.47. The lowest BCUT2D eigenvalue weighted by molar-refractivity contribution is 0.541. The minimum absolute atomic E-state index is 0.278. The Morgan fingerprint density at radius 1 is 1.21 bits per heavy atom. The van der Waals surface area contributed by atoms with E-state index < -0.39 is 0 Å². The molecule has 0 aromatic heterocycles. The van der Waals surface area contributed by atoms with Crippen LogP contribution in [0.2, 0.25) is 0 Å². The summed E-state index contributed by atoms with van der Waals surface area (Å²) >= 11 is 0. The first-order valence-corrected chi connectivity index (χ1v) is 7.38. The van der Waals surface area contributed by atoms with Crippen LogP contribution in [0.4, 0.5) is 0 Å². The van der Waals surface area contributed by atoms with Crippen LogP contribution >= 0.6 is 0 Å². The maximum atomic E-state index is 5.92. The summed E-state index contributed by atoms with van der Waals surface area (Å²) in [7, 11) is 0. The van der Waals surface area contributed by atoms with Gasteiger partial charge in [0.15, 0.2) is 0 Å². The molecule has 1 atom stereocenters. The molecule has 0 fully saturated rings. The summed E-state index contributed by atoms with van der Waals surface area (Å²) in [5, 5.41) is 3.60. The van der Waals surface area contributed by atoms with Crippen LogP contribution in [0.1, 0.15) is 48.4 Å². The Morgan fingerprint density at radius 3 is 2.53 bits per heavy atom. The second-order valence-corrected chi connectivity index (χ2v) is 5.67. The van der Waals surface area contributed by atoms with Crippen molar-refractivity contribution in [1.29, 1.82) is 0 Å². The van der Waals surface area contributed by atoms with E-state index in [1.54, 1.807) is 5.57 Å². The Morgan fingerprint density at radius 2 is 1.95 bits per heavy atom. The number of hydrogen-bond acceptors (Lipinski definition) is 2. The number of nitrogens with two attached hydrogens (primary N) is 1. The van der Waals surface area contributed by atoms with E-state index in [0.717, 1.165) is 6.54 Å². The van der Waals surface area contributed by atoms with Crippen molar-refractivity contribution < 1.29 is 0 Å². The molecule has 2 heteroatoms. The molecular weight excluding hydrogens is 232 g/mol. The van der Waals surface area contributed by atoms with Crippen molar-refractivity contribution >= 4 is 0 Å². The van der Waals surface area contributed by atoms with E-state index in [4.69, 9.17) is 5.73 Å². The van der Waals surface area contributed by atoms with Gasteiger partial charge < -0.3 is 11.1 Å². The monoisotopic (exact) mass is 258 g/mol. The lowest BCUT2D eigenvalue weighted by Crippen LogP contribution is -2.29. The zero-order chi connectivity index (χ0) is 13.7. The minimum Gasteiger partial charge on any atom is -0.329 e. The first kappa shape index (κ1) is 14.3. The van der Waals surface area contributed by atoms with Gasteiger partial charge in [0.2, 0.25) is 0 Å². The summed E-state index contributed by atoms with van der Waals surface area (Å²) in [5.74, 6) is 0. The van der Waals surface area contributed by atoms with Gasteiger partial charge in [0.1, 0.15) is 0 Å². The first-order chi connectivity index (χ1) is 9.19. The van der Waals surface area contributed by atoms with Crippen LogP contribution in [-0.4, -0.2) is 13.1 Å². The van der Waals surface area contributed by atoms with Gasteiger partial charge in [-0.25, -0.2) is 0 Å². The highest BCUT2D eigenvalue weighted by Crippen LogP contribution is 2.21. The normalized spacial score (nSPS) is 16.5. The molecule has 1 aromatic rings. The molecule has 0 radical (unpaired) electrons.